The van der Waals surface area contributed by atoms with Crippen LogP contribution in [0.3, 0.4) is 0 Å². The lowest BCUT2D eigenvalue weighted by molar-refractivity contribution is 0.248. The molecule has 0 bridgehead atoms. The highest BCUT2D eigenvalue weighted by atomic mass is 32.4. The predicted molar refractivity (Wildman–Crippen MR) is 69.6 cm³/mol. The Morgan fingerprint density at radius 3 is 2.18 bits per heavy atom. The highest BCUT2D eigenvalue weighted by Gasteiger charge is 2.52. The van der Waals surface area contributed by atoms with Gasteiger partial charge in [-0.3, -0.25) is 10.5 Å². The smallest absolute Gasteiger partial charge is 0.180 e. The third kappa shape index (κ3) is 6.81. The van der Waals surface area contributed by atoms with Crippen LogP contribution in [0.15, 0.2) is 0 Å². The van der Waals surface area contributed by atoms with Gasteiger partial charge in [-0.2, -0.15) is 0 Å². The van der Waals surface area contributed by atoms with Gasteiger partial charge in [0.25, 0.3) is 0 Å². The Hall–Kier alpha value is -0.380. The molecule has 0 rings (SSSR count). The first-order valence-corrected chi connectivity index (χ1v) is 7.82. The van der Waals surface area contributed by atoms with Crippen LogP contribution < -0.4 is 5.14 Å². The highest BCUT2D eigenvalue weighted by molar-refractivity contribution is 8.50. The molecule has 0 aliphatic carbocycles. The third-order valence-corrected chi connectivity index (χ3v) is 5.08. The fraction of sp³-hybridized carbons (Fsp3) is 0.889. The van der Waals surface area contributed by atoms with E-state index in [0.717, 1.165) is 0 Å². The zero-order valence-corrected chi connectivity index (χ0v) is 11.3. The topological polar surface area (TPSA) is 140 Å². The molecule has 0 heterocycles. The molecule has 7 N–H and O–H groups in total. The molecule has 0 aromatic carbocycles. The van der Waals surface area contributed by atoms with E-state index in [9.17, 15) is 13.7 Å². The maximum absolute atomic E-state index is 9.90. The first-order chi connectivity index (χ1) is 7.23. The number of ether oxygens (including phenoxy) is 1. The Labute approximate surface area is 101 Å². The van der Waals surface area contributed by atoms with E-state index in [1.54, 1.807) is 13.8 Å². The lowest BCUT2D eigenvalue weighted by Crippen LogP contribution is -2.53. The van der Waals surface area contributed by atoms with E-state index in [1.165, 1.54) is 7.11 Å². The number of nitrogens with two attached hydrogens (primary N) is 1. The molecule has 0 aromatic rings. The molecule has 0 aliphatic heterocycles. The van der Waals surface area contributed by atoms with Crippen LogP contribution in [0.25, 0.3) is 0 Å². The number of methoxy groups -OCH3 is 1. The summed E-state index contributed by atoms with van der Waals surface area (Å²) in [5.74, 6) is -1.28. The van der Waals surface area contributed by atoms with Crippen LogP contribution in [-0.4, -0.2) is 49.9 Å². The molecule has 0 amide bonds. The van der Waals surface area contributed by atoms with E-state index in [1.807, 2.05) is 0 Å². The van der Waals surface area contributed by atoms with E-state index < -0.39 is 32.9 Å². The summed E-state index contributed by atoms with van der Waals surface area (Å²) in [6, 6.07) is 0. The van der Waals surface area contributed by atoms with Crippen molar-refractivity contribution in [2.75, 3.05) is 25.2 Å². The Balaban J connectivity index is 4.98. The molecule has 0 spiro atoms. The number of rotatable bonds is 6. The van der Waals surface area contributed by atoms with Gasteiger partial charge in [0.05, 0.1) is 19.5 Å². The first kappa shape index (κ1) is 16.6. The van der Waals surface area contributed by atoms with Gasteiger partial charge >= 0.3 is 0 Å². The van der Waals surface area contributed by atoms with E-state index in [-0.39, 0.29) is 12.3 Å². The zero-order chi connectivity index (χ0) is 14.0. The van der Waals surface area contributed by atoms with Crippen molar-refractivity contribution in [1.82, 2.24) is 0 Å². The summed E-state index contributed by atoms with van der Waals surface area (Å²) in [7, 11) is -4.40. The predicted octanol–water partition coefficient (Wildman–Crippen LogP) is 1.19. The highest BCUT2D eigenvalue weighted by Crippen LogP contribution is 2.74. The van der Waals surface area contributed by atoms with Crippen LogP contribution in [0.2, 0.25) is 0 Å². The van der Waals surface area contributed by atoms with Gasteiger partial charge in [0.2, 0.25) is 0 Å². The van der Waals surface area contributed by atoms with Crippen molar-refractivity contribution in [1.29, 1.82) is 5.41 Å². The van der Waals surface area contributed by atoms with E-state index >= 15 is 0 Å². The Morgan fingerprint density at radius 2 is 1.82 bits per heavy atom. The lowest BCUT2D eigenvalue weighted by Gasteiger charge is -2.66. The summed E-state index contributed by atoms with van der Waals surface area (Å²) < 4.78 is 34.4. The van der Waals surface area contributed by atoms with Crippen molar-refractivity contribution in [3.63, 3.8) is 0 Å². The summed E-state index contributed by atoms with van der Waals surface area (Å²) in [4.78, 5) is 0. The van der Waals surface area contributed by atoms with Crippen molar-refractivity contribution >= 4 is 15.2 Å². The zero-order valence-electron chi connectivity index (χ0n) is 10.5. The molecule has 0 atom stereocenters. The molecule has 0 radical (unpaired) electrons. The SMILES string of the molecule is COC(=N)CC(C)(C)CS(N)(O)(O)(O)CCO. The second-order valence-electron chi connectivity index (χ2n) is 5.41. The van der Waals surface area contributed by atoms with E-state index in [0.29, 0.717) is 0 Å². The van der Waals surface area contributed by atoms with Crippen LogP contribution in [-0.2, 0) is 4.74 Å². The number of hydrogen-bond acceptors (Lipinski definition) is 7. The van der Waals surface area contributed by atoms with Gasteiger partial charge in [-0.1, -0.05) is 13.8 Å². The summed E-state index contributed by atoms with van der Waals surface area (Å²) in [6.45, 7) is 2.60. The Kier molecular flexibility index (Phi) is 3.98. The van der Waals surface area contributed by atoms with E-state index in [2.05, 4.69) is 4.74 Å². The van der Waals surface area contributed by atoms with Crippen LogP contribution >= 0.6 is 9.32 Å². The quantitative estimate of drug-likeness (QED) is 0.317. The van der Waals surface area contributed by atoms with Crippen molar-refractivity contribution < 1.29 is 23.5 Å². The second kappa shape index (κ2) is 4.08. The number of nitrogens with one attached hydrogen (secondary N) is 1. The minimum Gasteiger partial charge on any atom is -0.484 e. The Morgan fingerprint density at radius 1 is 1.35 bits per heavy atom. The monoisotopic (exact) mass is 272 g/mol. The van der Waals surface area contributed by atoms with Crippen molar-refractivity contribution in [2.24, 2.45) is 10.6 Å². The average molecular weight is 272 g/mol. The number of aliphatic hydroxyl groups is 1. The van der Waals surface area contributed by atoms with Gasteiger partial charge in [-0.25, -0.2) is 0 Å². The van der Waals surface area contributed by atoms with Crippen LogP contribution in [0.5, 0.6) is 0 Å². The van der Waals surface area contributed by atoms with Crippen molar-refractivity contribution in [3.8, 4) is 0 Å². The molecule has 0 aromatic heterocycles. The van der Waals surface area contributed by atoms with Gasteiger partial charge in [0.1, 0.15) is 0 Å². The third-order valence-electron chi connectivity index (χ3n) is 2.28. The van der Waals surface area contributed by atoms with Gasteiger partial charge < -0.3 is 23.5 Å². The molecule has 17 heavy (non-hydrogen) atoms. The molecular weight excluding hydrogens is 248 g/mol. The first-order valence-electron chi connectivity index (χ1n) is 5.10. The molecule has 0 fully saturated rings. The minimum atomic E-state index is -5.73. The summed E-state index contributed by atoms with van der Waals surface area (Å²) in [5.41, 5.74) is -0.850. The summed E-state index contributed by atoms with van der Waals surface area (Å²) >= 11 is 0. The van der Waals surface area contributed by atoms with Crippen LogP contribution in [0.4, 0.5) is 0 Å². The molecule has 106 valence electrons. The molecule has 0 saturated heterocycles. The minimum absolute atomic E-state index is 0.0487. The molecule has 0 saturated carbocycles. The van der Waals surface area contributed by atoms with Gasteiger partial charge in [0.15, 0.2) is 5.90 Å². The fourth-order valence-electron chi connectivity index (χ4n) is 1.90. The van der Waals surface area contributed by atoms with E-state index in [4.69, 9.17) is 15.7 Å². The normalized spacial score (nSPS) is 17.2. The molecule has 7 nitrogen and oxygen atoms in total. The van der Waals surface area contributed by atoms with Crippen molar-refractivity contribution in [2.45, 2.75) is 20.3 Å². The summed E-state index contributed by atoms with van der Waals surface area (Å²) in [6.07, 6.45) is 0.0911. The standard InChI is InChI=1S/C9H24N2O5S/c1-9(2,6-8(10)16-3)7-17(11,13,14,15)5-4-12/h10,12-15H,4-7,11H2,1-3H3. The van der Waals surface area contributed by atoms with Crippen molar-refractivity contribution in [3.05, 3.63) is 0 Å². The average Bonchev–Trinajstić information content (AvgIpc) is 1.97. The molecule has 0 unspecified atom stereocenters. The fourth-order valence-corrected chi connectivity index (χ4v) is 4.67. The van der Waals surface area contributed by atoms with Gasteiger partial charge in [-0.05, 0) is 14.7 Å². The molecule has 8 heteroatoms. The van der Waals surface area contributed by atoms with Gasteiger partial charge in [0, 0.05) is 12.2 Å². The van der Waals surface area contributed by atoms with Crippen LogP contribution in [0, 0.1) is 10.8 Å². The van der Waals surface area contributed by atoms with Crippen LogP contribution in [0.1, 0.15) is 20.3 Å². The largest absolute Gasteiger partial charge is 0.484 e. The second-order valence-corrected chi connectivity index (χ2v) is 9.86. The number of hydrogen-bond donors (Lipinski definition) is 6. The maximum atomic E-state index is 9.90. The maximum Gasteiger partial charge on any atom is 0.180 e. The van der Waals surface area contributed by atoms with Gasteiger partial charge in [-0.15, -0.1) is 0 Å². The molecular formula is C9H24N2O5S. The number of aliphatic hydroxyl groups excluding tert-OH is 1. The lowest BCUT2D eigenvalue weighted by atomic mass is 9.92. The summed E-state index contributed by atoms with van der Waals surface area (Å²) in [5, 5.41) is 21.5. The Bertz CT molecular complexity index is 308. The molecule has 0 aliphatic rings.